The number of hydrogen-bond donors (Lipinski definition) is 0. The molecule has 0 bridgehead atoms. The Morgan fingerprint density at radius 1 is 1.58 bits per heavy atom. The number of hydrogen-bond acceptors (Lipinski definition) is 5. The van der Waals surface area contributed by atoms with Crippen LogP contribution in [0, 0.1) is 0 Å². The smallest absolute Gasteiger partial charge is 0.262 e. The maximum atomic E-state index is 12.1. The van der Waals surface area contributed by atoms with Gasteiger partial charge < -0.3 is 9.47 Å². The fraction of sp³-hybridized carbons (Fsp3) is 0.538. The lowest BCUT2D eigenvalue weighted by atomic mass is 10.2. The molecular weight excluding hydrogens is 264 g/mol. The van der Waals surface area contributed by atoms with Gasteiger partial charge in [-0.1, -0.05) is 0 Å². The molecule has 0 aromatic carbocycles. The maximum absolute atomic E-state index is 12.1. The van der Waals surface area contributed by atoms with Crippen LogP contribution in [0.4, 0.5) is 0 Å². The Morgan fingerprint density at radius 3 is 3.37 bits per heavy atom. The minimum atomic E-state index is 0.00645. The van der Waals surface area contributed by atoms with E-state index in [9.17, 15) is 4.79 Å². The van der Waals surface area contributed by atoms with Crippen molar-refractivity contribution >= 4 is 21.6 Å². The van der Waals surface area contributed by atoms with Gasteiger partial charge in [-0.25, -0.2) is 4.98 Å². The van der Waals surface area contributed by atoms with E-state index in [1.165, 1.54) is 11.3 Å². The van der Waals surface area contributed by atoms with Crippen molar-refractivity contribution < 1.29 is 9.47 Å². The third-order valence-corrected chi connectivity index (χ3v) is 4.08. The predicted octanol–water partition coefficient (Wildman–Crippen LogP) is 1.65. The van der Waals surface area contributed by atoms with Gasteiger partial charge in [-0.2, -0.15) is 0 Å². The van der Waals surface area contributed by atoms with E-state index in [2.05, 4.69) is 4.98 Å². The largest absolute Gasteiger partial charge is 0.377 e. The van der Waals surface area contributed by atoms with Crippen LogP contribution in [0.5, 0.6) is 0 Å². The first-order valence-electron chi connectivity index (χ1n) is 6.46. The number of aromatic nitrogens is 2. The molecule has 3 heterocycles. The number of nitrogens with zero attached hydrogens (tertiary/aromatic N) is 2. The first-order chi connectivity index (χ1) is 9.34. The van der Waals surface area contributed by atoms with Gasteiger partial charge in [0.1, 0.15) is 4.83 Å². The van der Waals surface area contributed by atoms with Crippen LogP contribution in [-0.2, 0) is 16.0 Å². The molecule has 102 valence electrons. The summed E-state index contributed by atoms with van der Waals surface area (Å²) < 4.78 is 12.6. The van der Waals surface area contributed by atoms with Crippen molar-refractivity contribution in [3.63, 3.8) is 0 Å². The summed E-state index contributed by atoms with van der Waals surface area (Å²) in [5.41, 5.74) is 0.00645. The van der Waals surface area contributed by atoms with Gasteiger partial charge in [0, 0.05) is 6.61 Å². The molecule has 1 fully saturated rings. The Kier molecular flexibility index (Phi) is 3.91. The Morgan fingerprint density at radius 2 is 2.53 bits per heavy atom. The van der Waals surface area contributed by atoms with Gasteiger partial charge in [0.15, 0.2) is 0 Å². The van der Waals surface area contributed by atoms with Gasteiger partial charge in [0.2, 0.25) is 0 Å². The first-order valence-corrected chi connectivity index (χ1v) is 7.34. The standard InChI is InChI=1S/C13H16N2O3S/c16-13-11-3-7-19-12(11)14-9-15(13)4-6-17-8-10-2-1-5-18-10/h3,7,9-10H,1-2,4-6,8H2/t10-/m0/s1. The van der Waals surface area contributed by atoms with Crippen LogP contribution in [0.15, 0.2) is 22.6 Å². The second-order valence-corrected chi connectivity index (χ2v) is 5.49. The van der Waals surface area contributed by atoms with E-state index in [1.54, 1.807) is 10.9 Å². The molecule has 3 rings (SSSR count). The quantitative estimate of drug-likeness (QED) is 0.782. The second kappa shape index (κ2) is 5.81. The zero-order chi connectivity index (χ0) is 13.1. The zero-order valence-electron chi connectivity index (χ0n) is 10.6. The molecule has 0 radical (unpaired) electrons. The van der Waals surface area contributed by atoms with Gasteiger partial charge in [-0.05, 0) is 24.3 Å². The van der Waals surface area contributed by atoms with Gasteiger partial charge in [-0.15, -0.1) is 11.3 Å². The van der Waals surface area contributed by atoms with E-state index >= 15 is 0 Å². The molecule has 6 heteroatoms. The summed E-state index contributed by atoms with van der Waals surface area (Å²) in [5, 5.41) is 2.57. The van der Waals surface area contributed by atoms with E-state index in [0.717, 1.165) is 24.3 Å². The van der Waals surface area contributed by atoms with Crippen molar-refractivity contribution in [3.05, 3.63) is 28.1 Å². The molecule has 0 N–H and O–H groups in total. The lowest BCUT2D eigenvalue weighted by Gasteiger charge is -2.10. The molecule has 1 saturated heterocycles. The Labute approximate surface area is 114 Å². The number of ether oxygens (including phenoxy) is 2. The Balaban J connectivity index is 1.56. The predicted molar refractivity (Wildman–Crippen MR) is 73.7 cm³/mol. The lowest BCUT2D eigenvalue weighted by molar-refractivity contribution is 0.0146. The van der Waals surface area contributed by atoms with Crippen LogP contribution in [0.2, 0.25) is 0 Å². The summed E-state index contributed by atoms with van der Waals surface area (Å²) in [4.78, 5) is 17.1. The lowest BCUT2D eigenvalue weighted by Crippen LogP contribution is -2.23. The minimum Gasteiger partial charge on any atom is -0.377 e. The van der Waals surface area contributed by atoms with E-state index in [0.29, 0.717) is 25.1 Å². The van der Waals surface area contributed by atoms with Gasteiger partial charge in [0.05, 0.1) is 37.6 Å². The summed E-state index contributed by atoms with van der Waals surface area (Å²) >= 11 is 1.48. The molecule has 0 unspecified atom stereocenters. The average molecular weight is 280 g/mol. The molecule has 1 atom stereocenters. The Bertz CT molecular complexity index is 601. The van der Waals surface area contributed by atoms with Crippen molar-refractivity contribution in [1.29, 1.82) is 0 Å². The molecule has 0 amide bonds. The topological polar surface area (TPSA) is 53.4 Å². The van der Waals surface area contributed by atoms with Crippen molar-refractivity contribution in [2.75, 3.05) is 19.8 Å². The van der Waals surface area contributed by atoms with Crippen molar-refractivity contribution in [3.8, 4) is 0 Å². The van der Waals surface area contributed by atoms with Gasteiger partial charge >= 0.3 is 0 Å². The number of fused-ring (bicyclic) bond motifs is 1. The molecule has 19 heavy (non-hydrogen) atoms. The maximum Gasteiger partial charge on any atom is 0.262 e. The van der Waals surface area contributed by atoms with Crippen LogP contribution < -0.4 is 5.56 Å². The monoisotopic (exact) mass is 280 g/mol. The van der Waals surface area contributed by atoms with Crippen molar-refractivity contribution in [1.82, 2.24) is 9.55 Å². The third-order valence-electron chi connectivity index (χ3n) is 3.25. The van der Waals surface area contributed by atoms with Gasteiger partial charge in [-0.3, -0.25) is 9.36 Å². The normalized spacial score (nSPS) is 19.3. The van der Waals surface area contributed by atoms with E-state index in [1.807, 2.05) is 11.4 Å². The molecule has 1 aliphatic rings. The van der Waals surface area contributed by atoms with Crippen LogP contribution in [0.1, 0.15) is 12.8 Å². The molecular formula is C13H16N2O3S. The number of thiophene rings is 1. The van der Waals surface area contributed by atoms with Crippen LogP contribution in [-0.4, -0.2) is 35.5 Å². The van der Waals surface area contributed by atoms with Crippen molar-refractivity contribution in [2.45, 2.75) is 25.5 Å². The summed E-state index contributed by atoms with van der Waals surface area (Å²) in [6, 6.07) is 1.82. The molecule has 0 saturated carbocycles. The van der Waals surface area contributed by atoms with Gasteiger partial charge in [0.25, 0.3) is 5.56 Å². The summed E-state index contributed by atoms with van der Waals surface area (Å²) in [6.45, 7) is 2.50. The SMILES string of the molecule is O=c1c2ccsc2ncn1CCOC[C@@H]1CCCO1. The highest BCUT2D eigenvalue weighted by atomic mass is 32.1. The summed E-state index contributed by atoms with van der Waals surface area (Å²) in [6.07, 6.45) is 4.01. The van der Waals surface area contributed by atoms with Crippen molar-refractivity contribution in [2.24, 2.45) is 0 Å². The molecule has 0 aliphatic carbocycles. The fourth-order valence-corrected chi connectivity index (χ4v) is 2.93. The summed E-state index contributed by atoms with van der Waals surface area (Å²) in [7, 11) is 0. The molecule has 5 nitrogen and oxygen atoms in total. The van der Waals surface area contributed by atoms with E-state index in [4.69, 9.17) is 9.47 Å². The van der Waals surface area contributed by atoms with Crippen LogP contribution >= 0.6 is 11.3 Å². The molecule has 0 spiro atoms. The van der Waals surface area contributed by atoms with Crippen LogP contribution in [0.3, 0.4) is 0 Å². The minimum absolute atomic E-state index is 0.00645. The molecule has 1 aliphatic heterocycles. The zero-order valence-corrected chi connectivity index (χ0v) is 11.4. The molecule has 2 aromatic rings. The second-order valence-electron chi connectivity index (χ2n) is 4.59. The highest BCUT2D eigenvalue weighted by Crippen LogP contribution is 2.13. The third kappa shape index (κ3) is 2.86. The Hall–Kier alpha value is -1.24. The first kappa shape index (κ1) is 12.8. The molecule has 2 aromatic heterocycles. The highest BCUT2D eigenvalue weighted by molar-refractivity contribution is 7.16. The summed E-state index contributed by atoms with van der Waals surface area (Å²) in [5.74, 6) is 0. The van der Waals surface area contributed by atoms with E-state index in [-0.39, 0.29) is 11.7 Å². The average Bonchev–Trinajstić information content (AvgIpc) is 3.08. The fourth-order valence-electron chi connectivity index (χ4n) is 2.21. The van der Waals surface area contributed by atoms with E-state index < -0.39 is 0 Å². The van der Waals surface area contributed by atoms with Crippen LogP contribution in [0.25, 0.3) is 10.2 Å². The number of rotatable bonds is 5. The highest BCUT2D eigenvalue weighted by Gasteiger charge is 2.15.